The lowest BCUT2D eigenvalue weighted by Gasteiger charge is -2.13. The van der Waals surface area contributed by atoms with Crippen molar-refractivity contribution in [1.82, 2.24) is 0 Å². The second-order valence-electron chi connectivity index (χ2n) is 3.41. The second-order valence-corrected chi connectivity index (χ2v) is 3.41. The van der Waals surface area contributed by atoms with Crippen molar-refractivity contribution < 1.29 is 9.13 Å². The largest absolute Gasteiger partial charge is 0.494 e. The van der Waals surface area contributed by atoms with Crippen LogP contribution < -0.4 is 4.74 Å². The normalized spacial score (nSPS) is 10.6. The fourth-order valence-corrected chi connectivity index (χ4v) is 1.69. The second kappa shape index (κ2) is 4.99. The highest BCUT2D eigenvalue weighted by molar-refractivity contribution is 5.32. The van der Waals surface area contributed by atoms with Gasteiger partial charge in [0.25, 0.3) is 0 Å². The molecular weight excluding hydrogens is 179 g/mol. The van der Waals surface area contributed by atoms with Gasteiger partial charge in [-0.3, -0.25) is 0 Å². The SMILES string of the molecule is CCC(CC)c1ccc(F)c(OC)c1. The van der Waals surface area contributed by atoms with Crippen LogP contribution in [0.4, 0.5) is 4.39 Å². The predicted molar refractivity (Wildman–Crippen MR) is 56.3 cm³/mol. The molecule has 0 bridgehead atoms. The maximum Gasteiger partial charge on any atom is 0.165 e. The van der Waals surface area contributed by atoms with Crippen LogP contribution in [0.1, 0.15) is 38.2 Å². The average Bonchev–Trinajstić information content (AvgIpc) is 2.22. The molecular formula is C12H17FO. The van der Waals surface area contributed by atoms with Crippen LogP contribution >= 0.6 is 0 Å². The van der Waals surface area contributed by atoms with E-state index in [1.807, 2.05) is 6.07 Å². The van der Waals surface area contributed by atoms with E-state index in [2.05, 4.69) is 13.8 Å². The highest BCUT2D eigenvalue weighted by atomic mass is 19.1. The molecule has 0 N–H and O–H groups in total. The molecule has 0 saturated heterocycles. The van der Waals surface area contributed by atoms with E-state index >= 15 is 0 Å². The molecule has 0 amide bonds. The number of benzene rings is 1. The molecule has 2 heteroatoms. The Morgan fingerprint density at radius 3 is 2.43 bits per heavy atom. The summed E-state index contributed by atoms with van der Waals surface area (Å²) < 4.78 is 18.1. The third-order valence-electron chi connectivity index (χ3n) is 2.63. The molecule has 0 spiro atoms. The Morgan fingerprint density at radius 2 is 1.93 bits per heavy atom. The predicted octanol–water partition coefficient (Wildman–Crippen LogP) is 3.74. The minimum atomic E-state index is -0.290. The van der Waals surface area contributed by atoms with Gasteiger partial charge in [0.05, 0.1) is 7.11 Å². The quantitative estimate of drug-likeness (QED) is 0.712. The van der Waals surface area contributed by atoms with Crippen LogP contribution in [-0.2, 0) is 0 Å². The zero-order chi connectivity index (χ0) is 10.6. The van der Waals surface area contributed by atoms with Gasteiger partial charge in [0.1, 0.15) is 0 Å². The fraction of sp³-hybridized carbons (Fsp3) is 0.500. The molecule has 0 aliphatic carbocycles. The first-order valence-corrected chi connectivity index (χ1v) is 5.06. The summed E-state index contributed by atoms with van der Waals surface area (Å²) in [5.41, 5.74) is 1.16. The minimum Gasteiger partial charge on any atom is -0.494 e. The maximum atomic E-state index is 13.1. The Hall–Kier alpha value is -1.05. The highest BCUT2D eigenvalue weighted by Gasteiger charge is 2.10. The summed E-state index contributed by atoms with van der Waals surface area (Å²) in [4.78, 5) is 0. The van der Waals surface area contributed by atoms with Crippen molar-refractivity contribution in [1.29, 1.82) is 0 Å². The topological polar surface area (TPSA) is 9.23 Å². The molecule has 0 heterocycles. The van der Waals surface area contributed by atoms with Gasteiger partial charge in [-0.15, -0.1) is 0 Å². The van der Waals surface area contributed by atoms with E-state index in [1.165, 1.54) is 13.2 Å². The molecule has 1 aromatic carbocycles. The van der Waals surface area contributed by atoms with E-state index in [9.17, 15) is 4.39 Å². The number of ether oxygens (including phenoxy) is 1. The van der Waals surface area contributed by atoms with Gasteiger partial charge < -0.3 is 4.74 Å². The van der Waals surface area contributed by atoms with Crippen LogP contribution in [0.3, 0.4) is 0 Å². The molecule has 1 rings (SSSR count). The molecule has 0 radical (unpaired) electrons. The third kappa shape index (κ3) is 2.25. The number of hydrogen-bond donors (Lipinski definition) is 0. The van der Waals surface area contributed by atoms with E-state index in [0.29, 0.717) is 11.7 Å². The Morgan fingerprint density at radius 1 is 1.29 bits per heavy atom. The van der Waals surface area contributed by atoms with Crippen molar-refractivity contribution in [2.24, 2.45) is 0 Å². The first-order chi connectivity index (χ1) is 6.72. The Labute approximate surface area is 84.9 Å². The van der Waals surface area contributed by atoms with Crippen LogP contribution in [0, 0.1) is 5.82 Å². The van der Waals surface area contributed by atoms with E-state index in [1.54, 1.807) is 6.07 Å². The van der Waals surface area contributed by atoms with Crippen molar-refractivity contribution in [3.63, 3.8) is 0 Å². The van der Waals surface area contributed by atoms with Crippen LogP contribution in [0.15, 0.2) is 18.2 Å². The lowest BCUT2D eigenvalue weighted by atomic mass is 9.94. The highest BCUT2D eigenvalue weighted by Crippen LogP contribution is 2.27. The average molecular weight is 196 g/mol. The molecule has 0 unspecified atom stereocenters. The molecule has 0 aromatic heterocycles. The number of halogens is 1. The fourth-order valence-electron chi connectivity index (χ4n) is 1.69. The summed E-state index contributed by atoms with van der Waals surface area (Å²) in [6, 6.07) is 5.12. The van der Waals surface area contributed by atoms with Gasteiger partial charge in [0, 0.05) is 0 Å². The zero-order valence-electron chi connectivity index (χ0n) is 9.01. The van der Waals surface area contributed by atoms with Crippen LogP contribution in [-0.4, -0.2) is 7.11 Å². The van der Waals surface area contributed by atoms with Gasteiger partial charge in [-0.05, 0) is 36.5 Å². The van der Waals surface area contributed by atoms with Crippen molar-refractivity contribution in [2.45, 2.75) is 32.6 Å². The summed E-state index contributed by atoms with van der Waals surface area (Å²) in [6.07, 6.45) is 2.15. The summed E-state index contributed by atoms with van der Waals surface area (Å²) in [5.74, 6) is 0.557. The van der Waals surface area contributed by atoms with Crippen molar-refractivity contribution in [3.8, 4) is 5.75 Å². The molecule has 1 nitrogen and oxygen atoms in total. The first kappa shape index (κ1) is 11.0. The lowest BCUT2D eigenvalue weighted by Crippen LogP contribution is -1.97. The van der Waals surface area contributed by atoms with Crippen molar-refractivity contribution in [3.05, 3.63) is 29.6 Å². The number of methoxy groups -OCH3 is 1. The zero-order valence-corrected chi connectivity index (χ0v) is 9.01. The van der Waals surface area contributed by atoms with Gasteiger partial charge in [0.2, 0.25) is 0 Å². The van der Waals surface area contributed by atoms with E-state index in [-0.39, 0.29) is 5.82 Å². The molecule has 0 fully saturated rings. The van der Waals surface area contributed by atoms with Crippen LogP contribution in [0.25, 0.3) is 0 Å². The smallest absolute Gasteiger partial charge is 0.165 e. The van der Waals surface area contributed by atoms with Gasteiger partial charge in [0.15, 0.2) is 11.6 Å². The molecule has 1 aromatic rings. The van der Waals surface area contributed by atoms with Gasteiger partial charge in [-0.2, -0.15) is 0 Å². The van der Waals surface area contributed by atoms with E-state index in [4.69, 9.17) is 4.74 Å². The van der Waals surface area contributed by atoms with Crippen LogP contribution in [0.2, 0.25) is 0 Å². The number of hydrogen-bond acceptors (Lipinski definition) is 1. The summed E-state index contributed by atoms with van der Waals surface area (Å²) in [6.45, 7) is 4.29. The summed E-state index contributed by atoms with van der Waals surface area (Å²) in [7, 11) is 1.50. The standard InChI is InChI=1S/C12H17FO/c1-4-9(5-2)10-6-7-11(13)12(8-10)14-3/h6-9H,4-5H2,1-3H3. The van der Waals surface area contributed by atoms with E-state index < -0.39 is 0 Å². The van der Waals surface area contributed by atoms with E-state index in [0.717, 1.165) is 18.4 Å². The Bertz CT molecular complexity index is 292. The van der Waals surface area contributed by atoms with Gasteiger partial charge in [-0.1, -0.05) is 19.9 Å². The monoisotopic (exact) mass is 196 g/mol. The summed E-state index contributed by atoms with van der Waals surface area (Å²) in [5, 5.41) is 0. The van der Waals surface area contributed by atoms with Crippen LogP contribution in [0.5, 0.6) is 5.75 Å². The first-order valence-electron chi connectivity index (χ1n) is 5.06. The van der Waals surface area contributed by atoms with Gasteiger partial charge in [-0.25, -0.2) is 4.39 Å². The molecule has 0 saturated carbocycles. The van der Waals surface area contributed by atoms with Crippen molar-refractivity contribution in [2.75, 3.05) is 7.11 Å². The molecule has 78 valence electrons. The lowest BCUT2D eigenvalue weighted by molar-refractivity contribution is 0.385. The third-order valence-corrected chi connectivity index (χ3v) is 2.63. The molecule has 14 heavy (non-hydrogen) atoms. The minimum absolute atomic E-state index is 0.290. The molecule has 0 atom stereocenters. The van der Waals surface area contributed by atoms with Gasteiger partial charge >= 0.3 is 0 Å². The maximum absolute atomic E-state index is 13.1. The Balaban J connectivity index is 2.98. The number of rotatable bonds is 4. The Kier molecular flexibility index (Phi) is 3.93. The van der Waals surface area contributed by atoms with Crippen molar-refractivity contribution >= 4 is 0 Å². The molecule has 0 aliphatic heterocycles. The summed E-state index contributed by atoms with van der Waals surface area (Å²) >= 11 is 0. The molecule has 0 aliphatic rings.